The summed E-state index contributed by atoms with van der Waals surface area (Å²) in [5.74, 6) is -2.03. The number of fused-ring (bicyclic) bond motifs is 3. The molecule has 0 bridgehead atoms. The number of halogens is 3. The summed E-state index contributed by atoms with van der Waals surface area (Å²) < 4.78 is 52.8. The van der Waals surface area contributed by atoms with Crippen LogP contribution in [-0.2, 0) is 16.3 Å². The van der Waals surface area contributed by atoms with Gasteiger partial charge in [-0.05, 0) is 48.7 Å². The molecule has 11 heteroatoms. The maximum Gasteiger partial charge on any atom is 0.432 e. The number of carbonyl (C=O) groups excluding carboxylic acids is 2. The number of allylic oxidation sites excluding steroid dienone is 1. The van der Waals surface area contributed by atoms with Crippen molar-refractivity contribution in [2.75, 3.05) is 13.7 Å². The van der Waals surface area contributed by atoms with Crippen LogP contribution in [-0.4, -0.2) is 46.2 Å². The largest absolute Gasteiger partial charge is 0.505 e. The topological polar surface area (TPSA) is 121 Å². The zero-order chi connectivity index (χ0) is 29.1. The number of esters is 1. The fraction of sp³-hybridized carbons (Fsp3) is 0.194. The normalized spacial score (nSPS) is 22.1. The second kappa shape index (κ2) is 8.03. The third-order valence-corrected chi connectivity index (χ3v) is 8.63. The van der Waals surface area contributed by atoms with Crippen molar-refractivity contribution in [2.45, 2.75) is 18.0 Å². The molecule has 3 aliphatic rings. The van der Waals surface area contributed by atoms with Gasteiger partial charge < -0.3 is 24.2 Å². The summed E-state index contributed by atoms with van der Waals surface area (Å²) in [6, 6.07) is 16.8. The van der Waals surface area contributed by atoms with E-state index in [-0.39, 0.29) is 40.7 Å². The summed E-state index contributed by atoms with van der Waals surface area (Å²) in [5.41, 5.74) is -1.12. The first-order chi connectivity index (χ1) is 20.1. The number of carbonyl (C=O) groups is 2. The molecule has 3 aromatic heterocycles. The van der Waals surface area contributed by atoms with Crippen LogP contribution in [0, 0.1) is 5.92 Å². The van der Waals surface area contributed by atoms with Crippen molar-refractivity contribution in [2.24, 2.45) is 10.9 Å². The van der Waals surface area contributed by atoms with E-state index in [1.807, 2.05) is 48.5 Å². The van der Waals surface area contributed by atoms with Gasteiger partial charge in [0.15, 0.2) is 5.76 Å². The summed E-state index contributed by atoms with van der Waals surface area (Å²) in [4.78, 5) is 36.2. The lowest BCUT2D eigenvalue weighted by atomic mass is 9.75. The zero-order valence-corrected chi connectivity index (χ0v) is 21.8. The Morgan fingerprint density at radius 1 is 1.12 bits per heavy atom. The number of methoxy groups -OCH3 is 1. The summed E-state index contributed by atoms with van der Waals surface area (Å²) in [7, 11) is 0.991. The highest BCUT2D eigenvalue weighted by Crippen LogP contribution is 2.64. The molecule has 1 aliphatic heterocycles. The predicted octanol–water partition coefficient (Wildman–Crippen LogP) is 6.59. The SMILES string of the molecule is COC(=O)c1c(C(F)(F)F)[nH]c2c1C13CC1CN=C3C(=C(O)c1cc3cc(-c4cc5ccccc5o4)ccc3[nH]1)C2=O. The number of aromatic amines is 2. The van der Waals surface area contributed by atoms with E-state index in [0.717, 1.165) is 29.0 Å². The average Bonchev–Trinajstić information content (AvgIpc) is 3.45. The van der Waals surface area contributed by atoms with Gasteiger partial charge in [0.25, 0.3) is 0 Å². The van der Waals surface area contributed by atoms with E-state index in [1.54, 1.807) is 6.07 Å². The van der Waals surface area contributed by atoms with Gasteiger partial charge >= 0.3 is 12.1 Å². The third kappa shape index (κ3) is 3.16. The smallest absolute Gasteiger partial charge is 0.432 e. The number of aliphatic hydroxyl groups is 1. The number of hydrogen-bond acceptors (Lipinski definition) is 6. The van der Waals surface area contributed by atoms with Crippen molar-refractivity contribution in [1.29, 1.82) is 0 Å². The van der Waals surface area contributed by atoms with Crippen LogP contribution in [0.5, 0.6) is 0 Å². The molecule has 2 atom stereocenters. The summed E-state index contributed by atoms with van der Waals surface area (Å²) in [6.07, 6.45) is -4.55. The van der Waals surface area contributed by atoms with E-state index >= 15 is 0 Å². The third-order valence-electron chi connectivity index (χ3n) is 8.63. The lowest BCUT2D eigenvalue weighted by Gasteiger charge is -2.26. The Morgan fingerprint density at radius 2 is 1.93 bits per heavy atom. The molecule has 5 aromatic rings. The number of ketones is 1. The number of aliphatic hydroxyl groups excluding tert-OH is 1. The number of rotatable bonds is 3. The molecule has 1 fully saturated rings. The Balaban J connectivity index is 1.27. The Morgan fingerprint density at radius 3 is 2.67 bits per heavy atom. The number of benzene rings is 2. The van der Waals surface area contributed by atoms with Crippen LogP contribution in [0.4, 0.5) is 13.2 Å². The second-order valence-corrected chi connectivity index (χ2v) is 10.9. The number of para-hydroxylation sites is 1. The molecule has 42 heavy (non-hydrogen) atoms. The first-order valence-electron chi connectivity index (χ1n) is 13.2. The van der Waals surface area contributed by atoms with Crippen LogP contribution in [0.25, 0.3) is 39.0 Å². The van der Waals surface area contributed by atoms with Gasteiger partial charge in [-0.25, -0.2) is 4.79 Å². The minimum Gasteiger partial charge on any atom is -0.505 e. The van der Waals surface area contributed by atoms with Gasteiger partial charge in [-0.2, -0.15) is 13.2 Å². The maximum atomic E-state index is 14.0. The number of aromatic nitrogens is 2. The number of nitrogens with one attached hydrogen (secondary N) is 2. The summed E-state index contributed by atoms with van der Waals surface area (Å²) >= 11 is 0. The molecule has 0 saturated heterocycles. The van der Waals surface area contributed by atoms with E-state index < -0.39 is 40.4 Å². The molecule has 2 aromatic carbocycles. The number of hydrogen-bond donors (Lipinski definition) is 3. The molecular formula is C31H20F3N3O5. The number of H-pyrrole nitrogens is 2. The minimum atomic E-state index is -4.95. The van der Waals surface area contributed by atoms with E-state index in [9.17, 15) is 27.9 Å². The second-order valence-electron chi connectivity index (χ2n) is 10.9. The number of ether oxygens (including phenoxy) is 1. The Kier molecular flexibility index (Phi) is 4.72. The molecule has 1 spiro atoms. The highest BCUT2D eigenvalue weighted by atomic mass is 19.4. The quantitative estimate of drug-likeness (QED) is 0.128. The molecule has 0 amide bonds. The van der Waals surface area contributed by atoms with Crippen LogP contribution in [0.15, 0.2) is 69.6 Å². The van der Waals surface area contributed by atoms with E-state index in [4.69, 9.17) is 9.15 Å². The summed E-state index contributed by atoms with van der Waals surface area (Å²) in [6.45, 7) is 0.263. The number of Topliss-reactive ketones (excluding diaryl/α,β-unsaturated/α-hetero) is 1. The van der Waals surface area contributed by atoms with Crippen molar-refractivity contribution >= 4 is 45.1 Å². The highest BCUT2D eigenvalue weighted by molar-refractivity contribution is 6.38. The molecule has 4 heterocycles. The van der Waals surface area contributed by atoms with Gasteiger partial charge in [0.2, 0.25) is 5.78 Å². The fourth-order valence-electron chi connectivity index (χ4n) is 6.67. The van der Waals surface area contributed by atoms with Crippen LogP contribution < -0.4 is 0 Å². The fourth-order valence-corrected chi connectivity index (χ4v) is 6.67. The van der Waals surface area contributed by atoms with E-state index in [2.05, 4.69) is 15.0 Å². The molecule has 3 N–H and O–H groups in total. The van der Waals surface area contributed by atoms with Crippen molar-refractivity contribution in [3.63, 3.8) is 0 Å². The van der Waals surface area contributed by atoms with Gasteiger partial charge in [0.1, 0.15) is 17.0 Å². The Labute approximate surface area is 234 Å². The van der Waals surface area contributed by atoms with Crippen molar-refractivity contribution in [1.82, 2.24) is 9.97 Å². The molecule has 2 aliphatic carbocycles. The van der Waals surface area contributed by atoms with Crippen molar-refractivity contribution in [3.8, 4) is 11.3 Å². The first kappa shape index (κ1) is 24.7. The van der Waals surface area contributed by atoms with Gasteiger partial charge in [0, 0.05) is 39.4 Å². The number of furan rings is 1. The minimum absolute atomic E-state index is 0.0448. The van der Waals surface area contributed by atoms with Gasteiger partial charge in [-0.3, -0.25) is 9.79 Å². The van der Waals surface area contributed by atoms with E-state index in [0.29, 0.717) is 17.7 Å². The predicted molar refractivity (Wildman–Crippen MR) is 147 cm³/mol. The lowest BCUT2D eigenvalue weighted by Crippen LogP contribution is -2.35. The van der Waals surface area contributed by atoms with Gasteiger partial charge in [-0.15, -0.1) is 0 Å². The Bertz CT molecular complexity index is 2060. The van der Waals surface area contributed by atoms with Crippen LogP contribution in [0.1, 0.15) is 44.2 Å². The van der Waals surface area contributed by atoms with Crippen molar-refractivity contribution in [3.05, 3.63) is 88.4 Å². The van der Waals surface area contributed by atoms with Crippen LogP contribution in [0.3, 0.4) is 0 Å². The average molecular weight is 572 g/mol. The van der Waals surface area contributed by atoms with Gasteiger partial charge in [-0.1, -0.05) is 18.2 Å². The lowest BCUT2D eigenvalue weighted by molar-refractivity contribution is -0.141. The number of nitrogens with zero attached hydrogens (tertiary/aromatic N) is 1. The van der Waals surface area contributed by atoms with Crippen LogP contribution >= 0.6 is 0 Å². The monoisotopic (exact) mass is 571 g/mol. The standard InChI is InChI=1S/C31H20F3N3O5/c1-41-29(40)21-23-24(37-28(21)31(32,33)34)26(39)22(27-30(23)11-16(30)12-35-27)25(38)18-9-15-8-14(6-7-17(15)36-18)20-10-13-4-2-3-5-19(13)42-20/h2-10,16,36-38H,11-12H2,1H3. The highest BCUT2D eigenvalue weighted by Gasteiger charge is 2.69. The summed E-state index contributed by atoms with van der Waals surface area (Å²) in [5, 5.41) is 13.2. The van der Waals surface area contributed by atoms with Gasteiger partial charge in [0.05, 0.1) is 35.3 Å². The zero-order valence-electron chi connectivity index (χ0n) is 21.8. The molecule has 8 rings (SSSR count). The van der Waals surface area contributed by atoms with Crippen LogP contribution in [0.2, 0.25) is 0 Å². The molecule has 2 unspecified atom stereocenters. The Hall–Kier alpha value is -5.06. The maximum absolute atomic E-state index is 14.0. The van der Waals surface area contributed by atoms with Crippen molar-refractivity contribution < 1.29 is 37.0 Å². The van der Waals surface area contributed by atoms with E-state index in [1.165, 1.54) is 0 Å². The first-order valence-corrected chi connectivity index (χ1v) is 13.2. The number of alkyl halides is 3. The molecule has 1 saturated carbocycles. The molecule has 8 nitrogen and oxygen atoms in total. The molecular weight excluding hydrogens is 551 g/mol. The molecule has 210 valence electrons. The number of aliphatic imine (C=N–C) groups is 1. The molecule has 0 radical (unpaired) electrons.